The molecule has 6 nitrogen and oxygen atoms in total. The average Bonchev–Trinajstić information content (AvgIpc) is 2.64. The number of rotatable bonds is 9. The van der Waals surface area contributed by atoms with Gasteiger partial charge in [0, 0.05) is 41.7 Å². The van der Waals surface area contributed by atoms with Gasteiger partial charge in [0.15, 0.2) is 12.4 Å². The van der Waals surface area contributed by atoms with E-state index < -0.39 is 6.11 Å². The second-order valence-corrected chi connectivity index (χ2v) is 8.93. The highest BCUT2D eigenvalue weighted by Gasteiger charge is 2.68. The van der Waals surface area contributed by atoms with Crippen molar-refractivity contribution in [3.05, 3.63) is 53.2 Å². The number of alkyl halides is 2. The molecule has 1 heterocycles. The minimum atomic E-state index is -3.33. The number of hydrogen-bond donors (Lipinski definition) is 1. The molecule has 5 rings (SSSR count). The zero-order valence-corrected chi connectivity index (χ0v) is 17.5. The largest absolute Gasteiger partial charge is 0.484 e. The van der Waals surface area contributed by atoms with Crippen molar-refractivity contribution in [2.75, 3.05) is 6.61 Å². The average molecular weight is 451 g/mol. The third-order valence-electron chi connectivity index (χ3n) is 5.61. The van der Waals surface area contributed by atoms with Crippen molar-refractivity contribution in [3.8, 4) is 11.6 Å². The van der Waals surface area contributed by atoms with Crippen molar-refractivity contribution in [1.82, 2.24) is 10.3 Å². The first kappa shape index (κ1) is 21.5. The molecule has 1 amide bonds. The lowest BCUT2D eigenvalue weighted by Gasteiger charge is -2.70. The van der Waals surface area contributed by atoms with Crippen LogP contribution >= 0.6 is 11.6 Å². The lowest BCUT2D eigenvalue weighted by molar-refractivity contribution is -0.164. The molecule has 9 heteroatoms. The third-order valence-corrected chi connectivity index (χ3v) is 5.86. The smallest absolute Gasteiger partial charge is 0.396 e. The van der Waals surface area contributed by atoms with Crippen LogP contribution < -0.4 is 14.8 Å². The molecule has 31 heavy (non-hydrogen) atoms. The van der Waals surface area contributed by atoms with Crippen LogP contribution in [0, 0.1) is 5.41 Å². The molecule has 2 aromatic rings. The number of aromatic nitrogens is 1. The molecule has 2 bridgehead atoms. The predicted molar refractivity (Wildman–Crippen MR) is 109 cm³/mol. The molecule has 3 saturated carbocycles. The van der Waals surface area contributed by atoms with E-state index in [-0.39, 0.29) is 35.1 Å². The number of hydrogen-bond acceptors (Lipinski definition) is 5. The van der Waals surface area contributed by atoms with Crippen LogP contribution in [0.2, 0.25) is 5.02 Å². The van der Waals surface area contributed by atoms with Crippen molar-refractivity contribution >= 4 is 23.3 Å². The second kappa shape index (κ2) is 7.75. The summed E-state index contributed by atoms with van der Waals surface area (Å²) in [5.41, 5.74) is -0.0258. The van der Waals surface area contributed by atoms with Crippen LogP contribution in [-0.2, 0) is 4.79 Å². The Balaban J connectivity index is 1.22. The van der Waals surface area contributed by atoms with Crippen LogP contribution in [0.15, 0.2) is 42.6 Å². The van der Waals surface area contributed by atoms with E-state index in [1.807, 2.05) is 0 Å². The summed E-state index contributed by atoms with van der Waals surface area (Å²) in [5.74, 6) is 0.0130. The summed E-state index contributed by atoms with van der Waals surface area (Å²) in [6, 6.07) is 9.46. The van der Waals surface area contributed by atoms with Gasteiger partial charge in [0.25, 0.3) is 5.91 Å². The number of pyridine rings is 1. The Morgan fingerprint density at radius 2 is 1.84 bits per heavy atom. The van der Waals surface area contributed by atoms with E-state index in [1.54, 1.807) is 24.3 Å². The summed E-state index contributed by atoms with van der Waals surface area (Å²) in [7, 11) is 0. The minimum Gasteiger partial charge on any atom is -0.484 e. The van der Waals surface area contributed by atoms with E-state index in [0.717, 1.165) is 19.3 Å². The zero-order chi connectivity index (χ0) is 22.3. The molecule has 0 unspecified atom stereocenters. The SMILES string of the molecule is CC(F)(F)Oc1ccc(C(=O)CC23CC(NC(=O)COc4ccc(Cl)cc4)(C2)C3)cn1. The van der Waals surface area contributed by atoms with E-state index >= 15 is 0 Å². The normalized spacial score (nSPS) is 23.9. The molecule has 3 aliphatic rings. The van der Waals surface area contributed by atoms with Gasteiger partial charge < -0.3 is 14.8 Å². The van der Waals surface area contributed by atoms with Gasteiger partial charge >= 0.3 is 6.11 Å². The fourth-order valence-electron chi connectivity index (χ4n) is 4.56. The van der Waals surface area contributed by atoms with Gasteiger partial charge in [-0.05, 0) is 55.0 Å². The molecular weight excluding hydrogens is 430 g/mol. The quantitative estimate of drug-likeness (QED) is 0.572. The maximum absolute atomic E-state index is 12.9. The molecular formula is C22H21ClF2N2O4. The summed E-state index contributed by atoms with van der Waals surface area (Å²) in [6.07, 6.45) is 0.445. The third kappa shape index (κ3) is 4.95. The Labute approximate surface area is 182 Å². The number of carbonyl (C=O) groups excluding carboxylic acids is 2. The van der Waals surface area contributed by atoms with Crippen LogP contribution in [0.5, 0.6) is 11.6 Å². The number of halogens is 3. The zero-order valence-electron chi connectivity index (χ0n) is 16.8. The number of benzene rings is 1. The van der Waals surface area contributed by atoms with Crippen LogP contribution in [-0.4, -0.2) is 34.9 Å². The predicted octanol–water partition coefficient (Wildman–Crippen LogP) is 4.42. The first-order valence-corrected chi connectivity index (χ1v) is 10.2. The summed E-state index contributed by atoms with van der Waals surface area (Å²) < 4.78 is 35.5. The number of ketones is 1. The molecule has 1 aromatic carbocycles. The molecule has 0 aliphatic heterocycles. The fourth-order valence-corrected chi connectivity index (χ4v) is 4.69. The highest BCUT2D eigenvalue weighted by molar-refractivity contribution is 6.30. The molecule has 0 spiro atoms. The van der Waals surface area contributed by atoms with Crippen molar-refractivity contribution < 1.29 is 27.8 Å². The van der Waals surface area contributed by atoms with Gasteiger partial charge in [0.1, 0.15) is 5.75 Å². The van der Waals surface area contributed by atoms with Gasteiger partial charge in [-0.3, -0.25) is 9.59 Å². The maximum Gasteiger partial charge on any atom is 0.396 e. The topological polar surface area (TPSA) is 77.5 Å². The fraction of sp³-hybridized carbons (Fsp3) is 0.409. The molecule has 3 aliphatic carbocycles. The van der Waals surface area contributed by atoms with Crippen LogP contribution in [0.1, 0.15) is 43.0 Å². The Bertz CT molecular complexity index is 970. The first-order valence-electron chi connectivity index (χ1n) is 9.81. The minimum absolute atomic E-state index is 0.0911. The van der Waals surface area contributed by atoms with Crippen molar-refractivity contribution in [2.45, 2.75) is 44.3 Å². The summed E-state index contributed by atoms with van der Waals surface area (Å²) >= 11 is 5.82. The van der Waals surface area contributed by atoms with Gasteiger partial charge in [-0.1, -0.05) is 11.6 Å². The number of nitrogens with zero attached hydrogens (tertiary/aromatic N) is 1. The number of ether oxygens (including phenoxy) is 2. The number of amides is 1. The molecule has 0 saturated heterocycles. The Morgan fingerprint density at radius 1 is 1.16 bits per heavy atom. The molecule has 0 atom stereocenters. The van der Waals surface area contributed by atoms with Crippen LogP contribution in [0.25, 0.3) is 0 Å². The molecule has 164 valence electrons. The van der Waals surface area contributed by atoms with E-state index in [0.29, 0.717) is 29.7 Å². The van der Waals surface area contributed by atoms with Crippen LogP contribution in [0.3, 0.4) is 0 Å². The second-order valence-electron chi connectivity index (χ2n) is 8.50. The maximum atomic E-state index is 12.9. The van der Waals surface area contributed by atoms with E-state index in [4.69, 9.17) is 16.3 Å². The molecule has 1 aromatic heterocycles. The van der Waals surface area contributed by atoms with E-state index in [1.165, 1.54) is 18.3 Å². The summed E-state index contributed by atoms with van der Waals surface area (Å²) in [4.78, 5) is 28.5. The highest BCUT2D eigenvalue weighted by atomic mass is 35.5. The summed E-state index contributed by atoms with van der Waals surface area (Å²) in [5, 5.41) is 3.60. The van der Waals surface area contributed by atoms with Crippen LogP contribution in [0.4, 0.5) is 8.78 Å². The van der Waals surface area contributed by atoms with E-state index in [9.17, 15) is 18.4 Å². The lowest BCUT2D eigenvalue weighted by Crippen LogP contribution is -2.75. The molecule has 3 fully saturated rings. The highest BCUT2D eigenvalue weighted by Crippen LogP contribution is 2.69. The summed E-state index contributed by atoms with van der Waals surface area (Å²) in [6.45, 7) is 0.529. The van der Waals surface area contributed by atoms with Crippen molar-refractivity contribution in [1.29, 1.82) is 0 Å². The Kier molecular flexibility index (Phi) is 5.37. The first-order chi connectivity index (χ1) is 14.6. The van der Waals surface area contributed by atoms with Gasteiger partial charge in [0.2, 0.25) is 5.88 Å². The van der Waals surface area contributed by atoms with Crippen molar-refractivity contribution in [2.24, 2.45) is 5.41 Å². The number of carbonyl (C=O) groups is 2. The molecule has 1 N–H and O–H groups in total. The Hall–Kier alpha value is -2.74. The molecule has 0 radical (unpaired) electrons. The van der Waals surface area contributed by atoms with Crippen molar-refractivity contribution in [3.63, 3.8) is 0 Å². The number of nitrogens with one attached hydrogen (secondary N) is 1. The Morgan fingerprint density at radius 3 is 2.42 bits per heavy atom. The number of Topliss-reactive ketones (excluding diaryl/α,β-unsaturated/α-hetero) is 1. The standard InChI is InChI=1S/C22H21ClF2N2O4/c1-20(24,25)31-19-7-2-14(9-26-19)17(28)8-21-11-22(12-21,13-21)27-18(29)10-30-16-5-3-15(23)4-6-16/h2-7,9H,8,10-13H2,1H3,(H,27,29). The van der Waals surface area contributed by atoms with Gasteiger partial charge in [-0.2, -0.15) is 8.78 Å². The lowest BCUT2D eigenvalue weighted by atomic mass is 9.38. The van der Waals surface area contributed by atoms with E-state index in [2.05, 4.69) is 15.0 Å². The van der Waals surface area contributed by atoms with Gasteiger partial charge in [0.05, 0.1) is 0 Å². The monoisotopic (exact) mass is 450 g/mol. The van der Waals surface area contributed by atoms with Gasteiger partial charge in [-0.25, -0.2) is 4.98 Å². The van der Waals surface area contributed by atoms with Gasteiger partial charge in [-0.15, -0.1) is 0 Å².